The Bertz CT molecular complexity index is 982. The number of nitrogens with one attached hydrogen (secondary N) is 1. The number of para-hydroxylation sites is 1. The summed E-state index contributed by atoms with van der Waals surface area (Å²) in [6.45, 7) is 2.07. The first-order chi connectivity index (χ1) is 15.0. The maximum Gasteiger partial charge on any atom is 0.261 e. The summed E-state index contributed by atoms with van der Waals surface area (Å²) in [6.07, 6.45) is 1.67. The topological polar surface area (TPSA) is 71.5 Å². The molecule has 0 aliphatic heterocycles. The Morgan fingerprint density at radius 3 is 2.42 bits per heavy atom. The van der Waals surface area contributed by atoms with Gasteiger partial charge in [-0.15, -0.1) is 0 Å². The molecule has 3 rings (SSSR count). The predicted octanol–water partition coefficient (Wildman–Crippen LogP) is 3.85. The molecular weight excluding hydrogens is 414 g/mol. The summed E-state index contributed by atoms with van der Waals surface area (Å²) in [4.78, 5) is 31.5. The molecule has 0 radical (unpaired) electrons. The average molecular weight is 438 g/mol. The Labute approximate surface area is 186 Å². The minimum absolute atomic E-state index is 0.171. The minimum atomic E-state index is -0.703. The number of carbonyl (C=O) groups is 2. The number of aromatic nitrogens is 1. The maximum atomic E-state index is 13.0. The molecule has 0 aliphatic carbocycles. The van der Waals surface area contributed by atoms with Crippen LogP contribution in [0.25, 0.3) is 0 Å². The summed E-state index contributed by atoms with van der Waals surface area (Å²) in [5, 5.41) is 3.45. The number of pyridine rings is 1. The molecule has 1 atom stereocenters. The van der Waals surface area contributed by atoms with Crippen LogP contribution in [0.15, 0.2) is 79.0 Å². The van der Waals surface area contributed by atoms with Crippen LogP contribution in [-0.2, 0) is 22.7 Å². The number of carbonyl (C=O) groups excluding carboxylic acids is 2. The first-order valence-corrected chi connectivity index (χ1v) is 10.3. The molecule has 6 nitrogen and oxygen atoms in total. The van der Waals surface area contributed by atoms with Gasteiger partial charge in [-0.3, -0.25) is 14.6 Å². The van der Waals surface area contributed by atoms with E-state index >= 15 is 0 Å². The van der Waals surface area contributed by atoms with E-state index in [0.717, 1.165) is 11.3 Å². The highest BCUT2D eigenvalue weighted by Crippen LogP contribution is 2.15. The Hall–Kier alpha value is -3.38. The number of hydrogen-bond acceptors (Lipinski definition) is 4. The number of halogens is 1. The molecule has 2 amide bonds. The van der Waals surface area contributed by atoms with Crippen LogP contribution in [0.1, 0.15) is 18.2 Å². The van der Waals surface area contributed by atoms with Crippen LogP contribution in [0.3, 0.4) is 0 Å². The maximum absolute atomic E-state index is 13.0. The molecule has 0 spiro atoms. The lowest BCUT2D eigenvalue weighted by atomic mass is 10.1. The van der Waals surface area contributed by atoms with Gasteiger partial charge in [-0.05, 0) is 48.9 Å². The van der Waals surface area contributed by atoms with Gasteiger partial charge in [-0.2, -0.15) is 0 Å². The Balaban J connectivity index is 1.69. The van der Waals surface area contributed by atoms with Crippen molar-refractivity contribution in [3.63, 3.8) is 0 Å². The molecule has 160 valence electrons. The second-order valence-corrected chi connectivity index (χ2v) is 7.40. The van der Waals surface area contributed by atoms with Gasteiger partial charge in [0.25, 0.3) is 5.91 Å². The molecule has 0 aliphatic rings. The molecule has 2 aromatic carbocycles. The molecule has 1 N–H and O–H groups in total. The lowest BCUT2D eigenvalue weighted by Crippen LogP contribution is -2.48. The van der Waals surface area contributed by atoms with Gasteiger partial charge < -0.3 is 15.0 Å². The number of amides is 2. The van der Waals surface area contributed by atoms with Crippen molar-refractivity contribution in [1.29, 1.82) is 0 Å². The van der Waals surface area contributed by atoms with Crippen molar-refractivity contribution in [3.8, 4) is 5.75 Å². The van der Waals surface area contributed by atoms with Crippen molar-refractivity contribution in [3.05, 3.63) is 95.3 Å². The van der Waals surface area contributed by atoms with E-state index in [9.17, 15) is 9.59 Å². The third kappa shape index (κ3) is 6.83. The van der Waals surface area contributed by atoms with E-state index < -0.39 is 6.04 Å². The number of nitrogens with zero attached hydrogens (tertiary/aromatic N) is 2. The van der Waals surface area contributed by atoms with Crippen LogP contribution < -0.4 is 10.1 Å². The van der Waals surface area contributed by atoms with Gasteiger partial charge in [-0.25, -0.2) is 0 Å². The minimum Gasteiger partial charge on any atom is -0.484 e. The van der Waals surface area contributed by atoms with E-state index in [0.29, 0.717) is 10.8 Å². The standard InChI is InChI=1S/C24H24ClN3O3/c1-18(24(30)27-15-21-7-5-6-14-26-21)28(16-19-10-12-20(25)13-11-19)23(29)17-31-22-8-3-2-4-9-22/h2-14,18H,15-17H2,1H3,(H,27,30)/t18-/m1/s1. The molecule has 7 heteroatoms. The molecule has 0 unspecified atom stereocenters. The lowest BCUT2D eigenvalue weighted by Gasteiger charge is -2.28. The van der Waals surface area contributed by atoms with Crippen molar-refractivity contribution in [2.75, 3.05) is 6.61 Å². The molecule has 3 aromatic rings. The molecule has 0 bridgehead atoms. The third-order valence-electron chi connectivity index (χ3n) is 4.71. The molecular formula is C24H24ClN3O3. The summed E-state index contributed by atoms with van der Waals surface area (Å²) in [7, 11) is 0. The number of hydrogen-bond donors (Lipinski definition) is 1. The van der Waals surface area contributed by atoms with Crippen LogP contribution in [0, 0.1) is 0 Å². The van der Waals surface area contributed by atoms with Gasteiger partial charge in [0.15, 0.2) is 6.61 Å². The van der Waals surface area contributed by atoms with E-state index in [-0.39, 0.29) is 31.5 Å². The fourth-order valence-electron chi connectivity index (χ4n) is 2.94. The number of ether oxygens (including phenoxy) is 1. The summed E-state index contributed by atoms with van der Waals surface area (Å²) >= 11 is 5.97. The highest BCUT2D eigenvalue weighted by Gasteiger charge is 2.26. The molecule has 31 heavy (non-hydrogen) atoms. The van der Waals surface area contributed by atoms with Gasteiger partial charge in [-0.1, -0.05) is 48.0 Å². The summed E-state index contributed by atoms with van der Waals surface area (Å²) in [6, 6.07) is 21.1. The normalized spacial score (nSPS) is 11.4. The van der Waals surface area contributed by atoms with Gasteiger partial charge in [0.05, 0.1) is 12.2 Å². The summed E-state index contributed by atoms with van der Waals surface area (Å²) < 4.78 is 5.61. The first kappa shape index (κ1) is 22.3. The molecule has 0 fully saturated rings. The van der Waals surface area contributed by atoms with E-state index in [1.165, 1.54) is 4.90 Å². The number of benzene rings is 2. The lowest BCUT2D eigenvalue weighted by molar-refractivity contribution is -0.142. The fourth-order valence-corrected chi connectivity index (χ4v) is 3.07. The van der Waals surface area contributed by atoms with E-state index in [2.05, 4.69) is 10.3 Å². The zero-order chi connectivity index (χ0) is 22.1. The van der Waals surface area contributed by atoms with Gasteiger partial charge in [0.1, 0.15) is 11.8 Å². The molecule has 0 saturated heterocycles. The zero-order valence-corrected chi connectivity index (χ0v) is 18.0. The highest BCUT2D eigenvalue weighted by molar-refractivity contribution is 6.30. The molecule has 0 saturated carbocycles. The van der Waals surface area contributed by atoms with Crippen LogP contribution in [0.5, 0.6) is 5.75 Å². The van der Waals surface area contributed by atoms with Crippen molar-refractivity contribution < 1.29 is 14.3 Å². The number of rotatable bonds is 9. The van der Waals surface area contributed by atoms with E-state index in [4.69, 9.17) is 16.3 Å². The van der Waals surface area contributed by atoms with Crippen molar-refractivity contribution in [2.45, 2.75) is 26.1 Å². The van der Waals surface area contributed by atoms with Crippen LogP contribution in [0.4, 0.5) is 0 Å². The average Bonchev–Trinajstić information content (AvgIpc) is 2.81. The Morgan fingerprint density at radius 2 is 1.74 bits per heavy atom. The van der Waals surface area contributed by atoms with Crippen molar-refractivity contribution in [1.82, 2.24) is 15.2 Å². The first-order valence-electron chi connectivity index (χ1n) is 9.92. The van der Waals surface area contributed by atoms with E-state index in [1.54, 1.807) is 37.4 Å². The van der Waals surface area contributed by atoms with E-state index in [1.807, 2.05) is 48.5 Å². The largest absolute Gasteiger partial charge is 0.484 e. The van der Waals surface area contributed by atoms with Crippen molar-refractivity contribution in [2.24, 2.45) is 0 Å². The summed E-state index contributed by atoms with van der Waals surface area (Å²) in [5.41, 5.74) is 1.60. The van der Waals surface area contributed by atoms with Gasteiger partial charge in [0, 0.05) is 17.8 Å². The van der Waals surface area contributed by atoms with Crippen LogP contribution >= 0.6 is 11.6 Å². The predicted molar refractivity (Wildman–Crippen MR) is 119 cm³/mol. The second kappa shape index (κ2) is 11.1. The van der Waals surface area contributed by atoms with Crippen molar-refractivity contribution >= 4 is 23.4 Å². The smallest absolute Gasteiger partial charge is 0.261 e. The van der Waals surface area contributed by atoms with Gasteiger partial charge in [0.2, 0.25) is 5.91 Å². The monoisotopic (exact) mass is 437 g/mol. The van der Waals surface area contributed by atoms with Gasteiger partial charge >= 0.3 is 0 Å². The quantitative estimate of drug-likeness (QED) is 0.552. The highest BCUT2D eigenvalue weighted by atomic mass is 35.5. The Kier molecular flexibility index (Phi) is 8.01. The molecule has 1 heterocycles. The van der Waals surface area contributed by atoms with Crippen LogP contribution in [0.2, 0.25) is 5.02 Å². The second-order valence-electron chi connectivity index (χ2n) is 6.96. The third-order valence-corrected chi connectivity index (χ3v) is 4.96. The SMILES string of the molecule is C[C@H](C(=O)NCc1ccccn1)N(Cc1ccc(Cl)cc1)C(=O)COc1ccccc1. The zero-order valence-electron chi connectivity index (χ0n) is 17.2. The summed E-state index contributed by atoms with van der Waals surface area (Å²) in [5.74, 6) is 0.0292. The molecule has 1 aromatic heterocycles. The fraction of sp³-hybridized carbons (Fsp3) is 0.208. The Morgan fingerprint density at radius 1 is 1.03 bits per heavy atom. The van der Waals surface area contributed by atoms with Crippen LogP contribution in [-0.4, -0.2) is 34.3 Å².